The first-order chi connectivity index (χ1) is 22.2. The maximum atomic E-state index is 4.72. The van der Waals surface area contributed by atoms with Crippen LogP contribution in [0.2, 0.25) is 17.3 Å². The van der Waals surface area contributed by atoms with Crippen LogP contribution in [0, 0.1) is 25.0 Å². The molecule has 0 amide bonds. The van der Waals surface area contributed by atoms with Crippen molar-refractivity contribution >= 4 is 49.2 Å². The average Bonchev–Trinajstić information content (AvgIpc) is 3.44. The van der Waals surface area contributed by atoms with Crippen LogP contribution in [-0.2, 0) is 26.5 Å². The third kappa shape index (κ3) is 8.01. The van der Waals surface area contributed by atoms with E-state index in [0.717, 1.165) is 28.9 Å². The van der Waals surface area contributed by atoms with Gasteiger partial charge in [0.25, 0.3) is 0 Å². The molecular formula is C42H40GeIrN2S-2. The van der Waals surface area contributed by atoms with Gasteiger partial charge in [-0.1, -0.05) is 90.5 Å². The Morgan fingerprint density at radius 2 is 1.55 bits per heavy atom. The zero-order valence-corrected chi connectivity index (χ0v) is 33.2. The first-order valence-electron chi connectivity index (χ1n) is 16.0. The van der Waals surface area contributed by atoms with Crippen LogP contribution in [0.5, 0.6) is 0 Å². The second kappa shape index (κ2) is 15.2. The van der Waals surface area contributed by atoms with Crippen LogP contribution in [0.1, 0.15) is 25.0 Å². The second-order valence-corrected chi connectivity index (χ2v) is 24.9. The number of nitrogens with zero attached hydrogens (tertiary/aromatic N) is 2. The molecule has 47 heavy (non-hydrogen) atoms. The van der Waals surface area contributed by atoms with Crippen molar-refractivity contribution in [1.29, 1.82) is 0 Å². The van der Waals surface area contributed by atoms with E-state index >= 15 is 0 Å². The number of rotatable bonds is 6. The van der Waals surface area contributed by atoms with Gasteiger partial charge in [-0.15, -0.1) is 17.7 Å². The summed E-state index contributed by atoms with van der Waals surface area (Å²) in [6.07, 6.45) is 5.07. The minimum Gasteiger partial charge on any atom is 0 e. The van der Waals surface area contributed by atoms with Crippen molar-refractivity contribution in [3.63, 3.8) is 0 Å². The van der Waals surface area contributed by atoms with E-state index in [-0.39, 0.29) is 20.1 Å². The molecule has 0 saturated carbocycles. The van der Waals surface area contributed by atoms with Gasteiger partial charge in [0.15, 0.2) is 0 Å². The molecule has 5 heteroatoms. The summed E-state index contributed by atoms with van der Waals surface area (Å²) >= 11 is 0.0679. The number of pyridine rings is 2. The number of benzene rings is 4. The fraction of sp³-hybridized carbons (Fsp3) is 0.190. The molecule has 3 aromatic heterocycles. The van der Waals surface area contributed by atoms with E-state index < -0.39 is 13.3 Å². The Kier molecular flexibility index (Phi) is 11.3. The molecule has 7 rings (SSSR count). The van der Waals surface area contributed by atoms with Gasteiger partial charge >= 0.3 is 106 Å². The molecule has 0 aliphatic heterocycles. The third-order valence-corrected chi connectivity index (χ3v) is 13.8. The first-order valence-corrected chi connectivity index (χ1v) is 24.2. The fourth-order valence-corrected chi connectivity index (χ4v) is 10.9. The molecule has 7 aromatic rings. The van der Waals surface area contributed by atoms with Crippen molar-refractivity contribution in [2.45, 2.75) is 44.5 Å². The fourth-order valence-electron chi connectivity index (χ4n) is 6.06. The Balaban J connectivity index is 0.000000207. The predicted molar refractivity (Wildman–Crippen MR) is 202 cm³/mol. The smallest absolute Gasteiger partial charge is 0 e. The van der Waals surface area contributed by atoms with Crippen LogP contribution in [0.15, 0.2) is 116 Å². The van der Waals surface area contributed by atoms with Crippen LogP contribution < -0.4 is 4.40 Å². The van der Waals surface area contributed by atoms with Gasteiger partial charge in [-0.25, -0.2) is 0 Å². The van der Waals surface area contributed by atoms with Crippen molar-refractivity contribution in [2.24, 2.45) is 5.92 Å². The van der Waals surface area contributed by atoms with Gasteiger partial charge in [0, 0.05) is 31.0 Å². The second-order valence-electron chi connectivity index (χ2n) is 13.3. The molecule has 1 radical (unpaired) electrons. The monoisotopic (exact) mass is 871 g/mol. The van der Waals surface area contributed by atoms with Gasteiger partial charge in [-0.05, 0) is 40.3 Å². The van der Waals surface area contributed by atoms with Crippen LogP contribution >= 0.6 is 11.3 Å². The molecule has 239 valence electrons. The van der Waals surface area contributed by atoms with E-state index in [2.05, 4.69) is 146 Å². The maximum absolute atomic E-state index is 4.72. The van der Waals surface area contributed by atoms with E-state index in [4.69, 9.17) is 4.98 Å². The number of hydrogen-bond acceptors (Lipinski definition) is 3. The molecule has 3 heterocycles. The van der Waals surface area contributed by atoms with Crippen LogP contribution in [0.4, 0.5) is 0 Å². The van der Waals surface area contributed by atoms with E-state index in [0.29, 0.717) is 5.92 Å². The van der Waals surface area contributed by atoms with Crippen LogP contribution in [-0.4, -0.2) is 23.2 Å². The molecule has 0 aliphatic rings. The standard InChI is InChI=1S/C27H22NS.C15H18GeN.Ir/c1-18(2)16-19-14-15-28-24(17-19)22-13-12-21(20-8-4-3-5-9-20)26-23-10-6-7-11-25(23)29-27(22)26;1-12-10-15(13-8-6-5-7-9-13)17-11-14(12)16(2,3)4;/h3-12,14-15,17-18H,16H2,1-2H3;5-8,10-11H,1-4H3;/q2*-1;. The zero-order valence-electron chi connectivity index (χ0n) is 27.9. The number of fused-ring (bicyclic) bond motifs is 3. The van der Waals surface area contributed by atoms with Crippen molar-refractivity contribution in [2.75, 3.05) is 0 Å². The molecule has 0 N–H and O–H groups in total. The number of aryl methyl sites for hydroxylation is 1. The minimum atomic E-state index is -1.77. The summed E-state index contributed by atoms with van der Waals surface area (Å²) in [6, 6.07) is 42.8. The van der Waals surface area contributed by atoms with Crippen molar-refractivity contribution in [3.8, 4) is 33.6 Å². The van der Waals surface area contributed by atoms with Gasteiger partial charge < -0.3 is 4.98 Å². The Morgan fingerprint density at radius 1 is 0.809 bits per heavy atom. The molecule has 0 fully saturated rings. The summed E-state index contributed by atoms with van der Waals surface area (Å²) < 4.78 is 4.06. The zero-order chi connectivity index (χ0) is 32.3. The Hall–Kier alpha value is -3.41. The summed E-state index contributed by atoms with van der Waals surface area (Å²) in [6.45, 7) is 6.70. The van der Waals surface area contributed by atoms with E-state index in [1.807, 2.05) is 35.7 Å². The normalized spacial score (nSPS) is 11.3. The quantitative estimate of drug-likeness (QED) is 0.123. The van der Waals surface area contributed by atoms with Crippen LogP contribution in [0.3, 0.4) is 0 Å². The number of thiophene rings is 1. The molecule has 0 spiro atoms. The van der Waals surface area contributed by atoms with Gasteiger partial charge in [-0.2, -0.15) is 11.3 Å². The Bertz CT molecular complexity index is 2100. The molecule has 0 saturated heterocycles. The minimum absolute atomic E-state index is 0. The van der Waals surface area contributed by atoms with Crippen molar-refractivity contribution in [1.82, 2.24) is 9.97 Å². The van der Waals surface area contributed by atoms with Gasteiger partial charge in [0.1, 0.15) is 0 Å². The van der Waals surface area contributed by atoms with Gasteiger partial charge in [0.2, 0.25) is 0 Å². The van der Waals surface area contributed by atoms with E-state index in [1.54, 1.807) is 0 Å². The van der Waals surface area contributed by atoms with Crippen molar-refractivity contribution in [3.05, 3.63) is 139 Å². The van der Waals surface area contributed by atoms with Gasteiger partial charge in [0.05, 0.1) is 0 Å². The molecular weight excluding hydrogens is 829 g/mol. The summed E-state index contributed by atoms with van der Waals surface area (Å²) in [4.78, 5) is 9.31. The molecule has 0 unspecified atom stereocenters. The topological polar surface area (TPSA) is 25.8 Å². The summed E-state index contributed by atoms with van der Waals surface area (Å²) in [5, 5.41) is 2.61. The largest absolute Gasteiger partial charge is 0 e. The number of aromatic nitrogens is 2. The van der Waals surface area contributed by atoms with E-state index in [1.165, 1.54) is 46.8 Å². The average molecular weight is 870 g/mol. The molecule has 4 aromatic carbocycles. The molecule has 2 nitrogen and oxygen atoms in total. The van der Waals surface area contributed by atoms with Gasteiger partial charge in [-0.3, -0.25) is 0 Å². The molecule has 0 aliphatic carbocycles. The summed E-state index contributed by atoms with van der Waals surface area (Å²) in [5.41, 5.74) is 9.39. The third-order valence-electron chi connectivity index (χ3n) is 8.17. The predicted octanol–water partition coefficient (Wildman–Crippen LogP) is 11.2. The Morgan fingerprint density at radius 3 is 2.26 bits per heavy atom. The van der Waals surface area contributed by atoms with Crippen molar-refractivity contribution < 1.29 is 20.1 Å². The maximum Gasteiger partial charge on any atom is 0 e. The molecule has 0 bridgehead atoms. The van der Waals surface area contributed by atoms with E-state index in [9.17, 15) is 0 Å². The SMILES string of the molecule is CC(C)Cc1ccnc(-c2[c-]cc(-c3ccccc3)c3c2sc2ccccc23)c1.Cc1cc(-c2[c-]cccc2)nc[c]1[Ge]([CH3])([CH3])[CH3].[Ir]. The first kappa shape index (κ1) is 34.9. The summed E-state index contributed by atoms with van der Waals surface area (Å²) in [7, 11) is 0. The Labute approximate surface area is 300 Å². The summed E-state index contributed by atoms with van der Waals surface area (Å²) in [5.74, 6) is 7.83. The number of hydrogen-bond donors (Lipinski definition) is 0. The molecule has 0 atom stereocenters. The van der Waals surface area contributed by atoms with Crippen LogP contribution in [0.25, 0.3) is 53.8 Å².